The number of aliphatic imine (C=N–C) groups is 1. The summed E-state index contributed by atoms with van der Waals surface area (Å²) in [6.07, 6.45) is 3.98. The van der Waals surface area contributed by atoms with Crippen LogP contribution in [0.25, 0.3) is 0 Å². The van der Waals surface area contributed by atoms with Crippen LogP contribution in [0.2, 0.25) is 0 Å². The predicted molar refractivity (Wildman–Crippen MR) is 69.6 cm³/mol. The highest BCUT2D eigenvalue weighted by molar-refractivity contribution is 5.69. The molecule has 0 saturated heterocycles. The van der Waals surface area contributed by atoms with Crippen LogP contribution in [-0.4, -0.2) is 22.9 Å². The molecule has 1 aliphatic heterocycles. The molecule has 86 valence electrons. The van der Waals surface area contributed by atoms with Crippen molar-refractivity contribution >= 4 is 12.0 Å². The number of hydrogen-bond donors (Lipinski definition) is 0. The van der Waals surface area contributed by atoms with Crippen LogP contribution in [0.15, 0.2) is 47.6 Å². The van der Waals surface area contributed by atoms with E-state index in [4.69, 9.17) is 0 Å². The quantitative estimate of drug-likeness (QED) is 0.731. The first-order valence-electron chi connectivity index (χ1n) is 5.73. The third kappa shape index (κ3) is 1.55. The van der Waals surface area contributed by atoms with E-state index in [0.717, 1.165) is 5.69 Å². The van der Waals surface area contributed by atoms with Crippen molar-refractivity contribution in [3.8, 4) is 0 Å². The number of hydrogen-bond acceptors (Lipinski definition) is 2. The van der Waals surface area contributed by atoms with Crippen LogP contribution in [0.4, 0.5) is 5.69 Å². The van der Waals surface area contributed by atoms with E-state index in [1.807, 2.05) is 12.4 Å². The summed E-state index contributed by atoms with van der Waals surface area (Å²) in [5.74, 6) is 0. The van der Waals surface area contributed by atoms with Gasteiger partial charge in [0.15, 0.2) is 0 Å². The molecule has 1 atom stereocenters. The fraction of sp³-hybridized carbons (Fsp3) is 0.214. The molecule has 0 aliphatic carbocycles. The van der Waals surface area contributed by atoms with Crippen LogP contribution in [0, 0.1) is 0 Å². The average Bonchev–Trinajstić information content (AvgIpc) is 2.75. The van der Waals surface area contributed by atoms with E-state index in [2.05, 4.69) is 65.1 Å². The number of fused-ring (bicyclic) bond motifs is 1. The van der Waals surface area contributed by atoms with Crippen molar-refractivity contribution in [2.24, 2.45) is 12.0 Å². The molecule has 0 radical (unpaired) electrons. The van der Waals surface area contributed by atoms with E-state index in [1.165, 1.54) is 11.3 Å². The summed E-state index contributed by atoms with van der Waals surface area (Å²) in [4.78, 5) is 6.61. The number of aryl methyl sites for hydroxylation is 1. The molecule has 3 heteroatoms. The Morgan fingerprint density at radius 2 is 1.88 bits per heavy atom. The van der Waals surface area contributed by atoms with E-state index < -0.39 is 0 Å². The normalized spacial score (nSPS) is 18.2. The number of aromatic nitrogens is 1. The Kier molecular flexibility index (Phi) is 2.25. The molecule has 2 aromatic rings. The zero-order valence-electron chi connectivity index (χ0n) is 10.0. The van der Waals surface area contributed by atoms with Gasteiger partial charge in [-0.1, -0.05) is 18.2 Å². The van der Waals surface area contributed by atoms with Gasteiger partial charge in [0, 0.05) is 31.5 Å². The second kappa shape index (κ2) is 3.77. The maximum Gasteiger partial charge on any atom is 0.0972 e. The number of rotatable bonds is 1. The molecule has 17 heavy (non-hydrogen) atoms. The van der Waals surface area contributed by atoms with Crippen molar-refractivity contribution < 1.29 is 0 Å². The van der Waals surface area contributed by atoms with E-state index in [9.17, 15) is 0 Å². The van der Waals surface area contributed by atoms with Gasteiger partial charge in [0.05, 0.1) is 18.1 Å². The predicted octanol–water partition coefficient (Wildman–Crippen LogP) is 2.72. The molecule has 0 saturated carbocycles. The van der Waals surface area contributed by atoms with Gasteiger partial charge in [0.1, 0.15) is 0 Å². The third-order valence-corrected chi connectivity index (χ3v) is 3.28. The lowest BCUT2D eigenvalue weighted by Crippen LogP contribution is -2.28. The van der Waals surface area contributed by atoms with Gasteiger partial charge in [0.2, 0.25) is 0 Å². The SMILES string of the molecule is CN1C=Nc2ccccc2C1c1cccn1C. The summed E-state index contributed by atoms with van der Waals surface area (Å²) in [5, 5.41) is 0. The van der Waals surface area contributed by atoms with Crippen molar-refractivity contribution in [2.45, 2.75) is 6.04 Å². The van der Waals surface area contributed by atoms with E-state index >= 15 is 0 Å². The lowest BCUT2D eigenvalue weighted by atomic mass is 9.99. The summed E-state index contributed by atoms with van der Waals surface area (Å²) in [7, 11) is 4.15. The molecule has 2 heterocycles. The Balaban J connectivity index is 2.16. The van der Waals surface area contributed by atoms with Gasteiger partial charge in [-0.2, -0.15) is 0 Å². The standard InChI is InChI=1S/C14H15N3/c1-16-9-5-8-13(16)14-11-6-3-4-7-12(11)15-10-17(14)2/h3-10,14H,1-2H3. The molecule has 1 aromatic heterocycles. The first kappa shape index (κ1) is 10.1. The van der Waals surface area contributed by atoms with Gasteiger partial charge in [-0.15, -0.1) is 0 Å². The first-order chi connectivity index (χ1) is 8.27. The molecule has 1 aliphatic rings. The van der Waals surface area contributed by atoms with Crippen LogP contribution in [-0.2, 0) is 7.05 Å². The van der Waals surface area contributed by atoms with Crippen LogP contribution in [0.3, 0.4) is 0 Å². The monoisotopic (exact) mass is 225 g/mol. The molecular weight excluding hydrogens is 210 g/mol. The maximum atomic E-state index is 4.46. The zero-order chi connectivity index (χ0) is 11.8. The maximum absolute atomic E-state index is 4.46. The molecule has 0 N–H and O–H groups in total. The number of nitrogens with zero attached hydrogens (tertiary/aromatic N) is 3. The largest absolute Gasteiger partial charge is 0.353 e. The summed E-state index contributed by atoms with van der Waals surface area (Å²) in [5.41, 5.74) is 3.61. The van der Waals surface area contributed by atoms with Crippen molar-refractivity contribution in [1.29, 1.82) is 0 Å². The molecule has 3 nitrogen and oxygen atoms in total. The van der Waals surface area contributed by atoms with Gasteiger partial charge in [-0.05, 0) is 18.2 Å². The van der Waals surface area contributed by atoms with Gasteiger partial charge in [-0.3, -0.25) is 0 Å². The summed E-state index contributed by atoms with van der Waals surface area (Å²) >= 11 is 0. The molecule has 0 bridgehead atoms. The van der Waals surface area contributed by atoms with Crippen LogP contribution in [0.5, 0.6) is 0 Å². The van der Waals surface area contributed by atoms with Crippen LogP contribution < -0.4 is 0 Å². The fourth-order valence-electron chi connectivity index (χ4n) is 2.40. The van der Waals surface area contributed by atoms with Gasteiger partial charge >= 0.3 is 0 Å². The Labute approximate surface area is 101 Å². The lowest BCUT2D eigenvalue weighted by Gasteiger charge is -2.31. The first-order valence-corrected chi connectivity index (χ1v) is 5.73. The second-order valence-electron chi connectivity index (χ2n) is 4.42. The molecule has 3 rings (SSSR count). The number of para-hydroxylation sites is 1. The Morgan fingerprint density at radius 3 is 2.65 bits per heavy atom. The number of benzene rings is 1. The Morgan fingerprint density at radius 1 is 1.06 bits per heavy atom. The van der Waals surface area contributed by atoms with Gasteiger partial charge in [-0.25, -0.2) is 4.99 Å². The van der Waals surface area contributed by atoms with Crippen molar-refractivity contribution in [3.63, 3.8) is 0 Å². The van der Waals surface area contributed by atoms with Crippen molar-refractivity contribution in [1.82, 2.24) is 9.47 Å². The minimum atomic E-state index is 0.253. The minimum Gasteiger partial charge on any atom is -0.353 e. The molecule has 0 spiro atoms. The topological polar surface area (TPSA) is 20.5 Å². The Hall–Kier alpha value is -2.03. The highest BCUT2D eigenvalue weighted by atomic mass is 15.2. The molecular formula is C14H15N3. The van der Waals surface area contributed by atoms with E-state index in [-0.39, 0.29) is 6.04 Å². The van der Waals surface area contributed by atoms with E-state index in [0.29, 0.717) is 0 Å². The molecule has 1 aromatic carbocycles. The lowest BCUT2D eigenvalue weighted by molar-refractivity contribution is 0.417. The summed E-state index contributed by atoms with van der Waals surface area (Å²) < 4.78 is 2.16. The Bertz CT molecular complexity index is 568. The minimum absolute atomic E-state index is 0.253. The van der Waals surface area contributed by atoms with Crippen molar-refractivity contribution in [3.05, 3.63) is 53.9 Å². The molecule has 0 amide bonds. The third-order valence-electron chi connectivity index (χ3n) is 3.28. The van der Waals surface area contributed by atoms with E-state index in [1.54, 1.807) is 0 Å². The zero-order valence-corrected chi connectivity index (χ0v) is 10.0. The van der Waals surface area contributed by atoms with Crippen LogP contribution in [0.1, 0.15) is 17.3 Å². The summed E-state index contributed by atoms with van der Waals surface area (Å²) in [6.45, 7) is 0. The summed E-state index contributed by atoms with van der Waals surface area (Å²) in [6, 6.07) is 12.8. The average molecular weight is 225 g/mol. The van der Waals surface area contributed by atoms with Crippen LogP contribution >= 0.6 is 0 Å². The van der Waals surface area contributed by atoms with Gasteiger partial charge < -0.3 is 9.47 Å². The fourth-order valence-corrected chi connectivity index (χ4v) is 2.40. The highest BCUT2D eigenvalue weighted by Gasteiger charge is 2.24. The van der Waals surface area contributed by atoms with Crippen molar-refractivity contribution in [2.75, 3.05) is 7.05 Å². The van der Waals surface area contributed by atoms with Gasteiger partial charge in [0.25, 0.3) is 0 Å². The molecule has 1 unspecified atom stereocenters. The second-order valence-corrected chi connectivity index (χ2v) is 4.42. The smallest absolute Gasteiger partial charge is 0.0972 e. The highest BCUT2D eigenvalue weighted by Crippen LogP contribution is 2.36. The molecule has 0 fully saturated rings.